The highest BCUT2D eigenvalue weighted by Gasteiger charge is 2.85. The number of hydrogen-bond acceptors (Lipinski definition) is 13. The van der Waals surface area contributed by atoms with Gasteiger partial charge in [-0.15, -0.1) is 0 Å². The van der Waals surface area contributed by atoms with Crippen molar-refractivity contribution < 1.29 is 62.9 Å². The van der Waals surface area contributed by atoms with E-state index in [0.717, 1.165) is 26.9 Å². The number of aliphatic hydroxyl groups is 3. The Hall–Kier alpha value is -3.10. The van der Waals surface area contributed by atoms with Crippen molar-refractivity contribution in [2.45, 2.75) is 80.9 Å². The molecule has 2 aliphatic rings. The minimum absolute atomic E-state index is 0.127. The van der Waals surface area contributed by atoms with Crippen molar-refractivity contribution in [2.75, 3.05) is 21.3 Å². The fourth-order valence-corrected chi connectivity index (χ4v) is 5.54. The molecule has 2 saturated heterocycles. The molecule has 13 heteroatoms. The van der Waals surface area contributed by atoms with Gasteiger partial charge in [-0.2, -0.15) is 0 Å². The second-order valence-corrected chi connectivity index (χ2v) is 10.0. The van der Waals surface area contributed by atoms with Gasteiger partial charge in [-0.25, -0.2) is 14.4 Å². The molecule has 2 aliphatic heterocycles. The van der Waals surface area contributed by atoms with E-state index in [2.05, 4.69) is 4.74 Å². The van der Waals surface area contributed by atoms with Crippen molar-refractivity contribution in [3.05, 3.63) is 35.9 Å². The Balaban J connectivity index is 1.93. The van der Waals surface area contributed by atoms with E-state index < -0.39 is 65.3 Å². The zero-order valence-electron chi connectivity index (χ0n) is 23.0. The summed E-state index contributed by atoms with van der Waals surface area (Å²) in [6, 6.07) is 9.57. The van der Waals surface area contributed by atoms with E-state index in [1.165, 1.54) is 6.92 Å². The van der Waals surface area contributed by atoms with Gasteiger partial charge in [-0.1, -0.05) is 37.3 Å². The van der Waals surface area contributed by atoms with Crippen LogP contribution in [0.3, 0.4) is 0 Å². The van der Waals surface area contributed by atoms with Gasteiger partial charge in [-0.05, 0) is 30.7 Å². The van der Waals surface area contributed by atoms with Crippen molar-refractivity contribution in [2.24, 2.45) is 5.92 Å². The first-order valence-corrected chi connectivity index (χ1v) is 12.8. The first kappa shape index (κ1) is 31.4. The Morgan fingerprint density at radius 2 is 1.60 bits per heavy atom. The summed E-state index contributed by atoms with van der Waals surface area (Å²) in [6.07, 6.45) is -6.46. The number of methoxy groups -OCH3 is 3. The molecule has 13 nitrogen and oxygen atoms in total. The standard InChI is InChI=1S/C27H36O13/c1-15(14-17-10-7-6-8-11-17)18(38-16(2)28)12-9-13-25-19(29)20(30)27(40-25,24(33)37-5)26(34,23(32)36-4)21(39-25)22(31)35-3/h6-8,10-11,15,18-21,29-30,34H,9,12-14H2,1-5H3/t15?,18?,19-,20-,21-,25+,26-,27+/m1/s1. The number of carbonyl (C=O) groups excluding carboxylic acids is 4. The van der Waals surface area contributed by atoms with Crippen molar-refractivity contribution in [3.63, 3.8) is 0 Å². The van der Waals surface area contributed by atoms with Crippen LogP contribution in [0.2, 0.25) is 0 Å². The van der Waals surface area contributed by atoms with Crippen molar-refractivity contribution in [1.82, 2.24) is 0 Å². The average molecular weight is 569 g/mol. The molecule has 0 amide bonds. The van der Waals surface area contributed by atoms with E-state index >= 15 is 0 Å². The first-order valence-electron chi connectivity index (χ1n) is 12.8. The van der Waals surface area contributed by atoms with Gasteiger partial charge in [0.2, 0.25) is 17.3 Å². The fourth-order valence-electron chi connectivity index (χ4n) is 5.54. The number of benzene rings is 1. The lowest BCUT2D eigenvalue weighted by Gasteiger charge is -2.49. The molecule has 40 heavy (non-hydrogen) atoms. The van der Waals surface area contributed by atoms with Gasteiger partial charge in [-0.3, -0.25) is 4.79 Å². The molecule has 2 heterocycles. The summed E-state index contributed by atoms with van der Waals surface area (Å²) in [4.78, 5) is 50.5. The van der Waals surface area contributed by atoms with Gasteiger partial charge in [0.15, 0.2) is 5.79 Å². The van der Waals surface area contributed by atoms with Gasteiger partial charge in [0.1, 0.15) is 18.3 Å². The van der Waals surface area contributed by atoms with E-state index in [-0.39, 0.29) is 25.2 Å². The highest BCUT2D eigenvalue weighted by atomic mass is 16.8. The smallest absolute Gasteiger partial charge is 0.345 e. The van der Waals surface area contributed by atoms with E-state index in [1.807, 2.05) is 37.3 Å². The van der Waals surface area contributed by atoms with E-state index in [1.54, 1.807) is 0 Å². The van der Waals surface area contributed by atoms with Crippen molar-refractivity contribution in [1.29, 1.82) is 0 Å². The van der Waals surface area contributed by atoms with Crippen LogP contribution >= 0.6 is 0 Å². The minimum atomic E-state index is -3.30. The highest BCUT2D eigenvalue weighted by molar-refractivity contribution is 5.99. The number of aliphatic hydroxyl groups excluding tert-OH is 2. The van der Waals surface area contributed by atoms with Gasteiger partial charge in [0.05, 0.1) is 21.3 Å². The van der Waals surface area contributed by atoms with Crippen molar-refractivity contribution >= 4 is 23.9 Å². The third kappa shape index (κ3) is 5.19. The Morgan fingerprint density at radius 3 is 2.15 bits per heavy atom. The molecule has 1 aromatic carbocycles. The number of rotatable bonds is 11. The van der Waals surface area contributed by atoms with Crippen LogP contribution < -0.4 is 0 Å². The molecule has 0 aromatic heterocycles. The summed E-state index contributed by atoms with van der Waals surface area (Å²) < 4.78 is 31.1. The Labute approximate surface area is 231 Å². The monoisotopic (exact) mass is 568 g/mol. The largest absolute Gasteiger partial charge is 0.467 e. The number of carbonyl (C=O) groups is 4. The van der Waals surface area contributed by atoms with E-state index in [0.29, 0.717) is 6.42 Å². The fraction of sp³-hybridized carbons (Fsp3) is 0.630. The van der Waals surface area contributed by atoms with E-state index in [4.69, 9.17) is 23.7 Å². The van der Waals surface area contributed by atoms with Crippen LogP contribution in [0.25, 0.3) is 0 Å². The normalized spacial score (nSPS) is 32.5. The molecule has 2 fully saturated rings. The summed E-state index contributed by atoms with van der Waals surface area (Å²) in [5.41, 5.74) is -5.28. The zero-order chi connectivity index (χ0) is 29.9. The predicted octanol–water partition coefficient (Wildman–Crippen LogP) is -0.197. The maximum Gasteiger partial charge on any atom is 0.345 e. The summed E-state index contributed by atoms with van der Waals surface area (Å²) in [5.74, 6) is -7.22. The van der Waals surface area contributed by atoms with Gasteiger partial charge >= 0.3 is 23.9 Å². The molecule has 8 atom stereocenters. The summed E-state index contributed by atoms with van der Waals surface area (Å²) in [5, 5.41) is 33.7. The third-order valence-corrected chi connectivity index (χ3v) is 7.53. The summed E-state index contributed by atoms with van der Waals surface area (Å²) in [6.45, 7) is 3.19. The maximum absolute atomic E-state index is 13.1. The molecule has 1 aromatic rings. The summed E-state index contributed by atoms with van der Waals surface area (Å²) in [7, 11) is 2.71. The first-order chi connectivity index (χ1) is 18.8. The average Bonchev–Trinajstić information content (AvgIpc) is 3.14. The third-order valence-electron chi connectivity index (χ3n) is 7.53. The van der Waals surface area contributed by atoms with Crippen LogP contribution in [0.5, 0.6) is 0 Å². The molecule has 2 unspecified atom stereocenters. The molecular weight excluding hydrogens is 532 g/mol. The quantitative estimate of drug-likeness (QED) is 0.236. The SMILES string of the molecule is COC(=O)[C@H]1O[C@@]2(CCCC(OC(C)=O)C(C)Cc3ccccc3)O[C@](C(=O)OC)([C@H](O)[C@H]2O)[C@]1(O)C(=O)OC. The molecule has 222 valence electrons. The van der Waals surface area contributed by atoms with Crippen LogP contribution in [0.4, 0.5) is 0 Å². The zero-order valence-corrected chi connectivity index (χ0v) is 23.0. The van der Waals surface area contributed by atoms with Crippen molar-refractivity contribution in [3.8, 4) is 0 Å². The molecule has 3 N–H and O–H groups in total. The topological polar surface area (TPSA) is 184 Å². The molecule has 0 saturated carbocycles. The Bertz CT molecular complexity index is 1090. The van der Waals surface area contributed by atoms with Crippen LogP contribution in [0.1, 0.15) is 38.7 Å². The van der Waals surface area contributed by atoms with Gasteiger partial charge < -0.3 is 43.7 Å². The molecule has 2 bridgehead atoms. The second-order valence-electron chi connectivity index (χ2n) is 10.0. The number of ether oxygens (including phenoxy) is 6. The molecule has 0 spiro atoms. The van der Waals surface area contributed by atoms with Crippen LogP contribution in [-0.4, -0.2) is 102 Å². The maximum atomic E-state index is 13.1. The van der Waals surface area contributed by atoms with Gasteiger partial charge in [0, 0.05) is 13.3 Å². The lowest BCUT2D eigenvalue weighted by molar-refractivity contribution is -0.375. The molecule has 0 aliphatic carbocycles. The molecular formula is C27H36O13. The predicted molar refractivity (Wildman–Crippen MR) is 133 cm³/mol. The Kier molecular flexibility index (Phi) is 9.58. The lowest BCUT2D eigenvalue weighted by atomic mass is 9.74. The minimum Gasteiger partial charge on any atom is -0.467 e. The van der Waals surface area contributed by atoms with E-state index in [9.17, 15) is 34.5 Å². The molecule has 3 rings (SSSR count). The van der Waals surface area contributed by atoms with Gasteiger partial charge in [0.25, 0.3) is 0 Å². The highest BCUT2D eigenvalue weighted by Crippen LogP contribution is 2.55. The van der Waals surface area contributed by atoms with Crippen LogP contribution in [0.15, 0.2) is 30.3 Å². The number of esters is 4. The molecule has 0 radical (unpaired) electrons. The van der Waals surface area contributed by atoms with Crippen LogP contribution in [0, 0.1) is 5.92 Å². The summed E-state index contributed by atoms with van der Waals surface area (Å²) >= 11 is 0. The number of fused-ring (bicyclic) bond motifs is 2. The Morgan fingerprint density at radius 1 is 0.975 bits per heavy atom. The van der Waals surface area contributed by atoms with Crippen LogP contribution in [-0.2, 0) is 54.0 Å². The lowest BCUT2D eigenvalue weighted by Crippen LogP contribution is -2.78. The second kappa shape index (κ2) is 12.2. The number of hydrogen-bond donors (Lipinski definition) is 3.